The first-order valence-corrected chi connectivity index (χ1v) is 1.02. The number of aliphatic hydroxyl groups is 1. The van der Waals surface area contributed by atoms with Gasteiger partial charge in [-0.1, -0.05) is 0 Å². The highest BCUT2D eigenvalue weighted by Crippen LogP contribution is 1.30. The average molecular weight is 63.1 g/mol. The van der Waals surface area contributed by atoms with Crippen LogP contribution in [0.25, 0.3) is 0 Å². The predicted molar refractivity (Wildman–Crippen MR) is 17.9 cm³/mol. The maximum atomic E-state index is 7.57. The van der Waals surface area contributed by atoms with Crippen LogP contribution in [0.1, 0.15) is 8.35 Å². The van der Waals surface area contributed by atoms with Gasteiger partial charge in [-0.25, -0.2) is 0 Å². The smallest absolute Gasteiger partial charge is 0.397 e. The van der Waals surface area contributed by atoms with E-state index in [0.29, 0.717) is 0 Å². The van der Waals surface area contributed by atoms with Crippen molar-refractivity contribution < 1.29 is 6.53 Å². The van der Waals surface area contributed by atoms with E-state index in [1.807, 2.05) is 0 Å². The minimum Gasteiger partial charge on any atom is -0.397 e. The minimum atomic E-state index is 0. The number of aliphatic hydroxyl groups excluding tert-OH is 1. The molecular weight excluding hydrogens is 54.0 g/mol. The molecule has 0 aliphatic carbocycles. The third kappa shape index (κ3) is 254. The summed E-state index contributed by atoms with van der Waals surface area (Å²) in [6, 6.07) is 0. The maximum Gasteiger partial charge on any atom is 1.00 e. The third-order valence-electron chi connectivity index (χ3n) is 0. The molecule has 4 heavy (non-hydrogen) atoms. The molecule has 0 spiro atoms. The Labute approximate surface area is 27.5 Å². The first kappa shape index (κ1) is 9.07. The van der Waals surface area contributed by atoms with E-state index in [9.17, 15) is 0 Å². The average Bonchev–Trinajstić information content (AvgIpc) is 0.918. The zero-order chi connectivity index (χ0) is 2.71. The number of hydrogen-bond donors (Lipinski definition) is 1. The summed E-state index contributed by atoms with van der Waals surface area (Å²) < 4.78 is 0. The topological polar surface area (TPSA) is 53.7 Å². The van der Waals surface area contributed by atoms with E-state index < -0.39 is 0 Å². The van der Waals surface area contributed by atoms with Gasteiger partial charge in [0.05, 0.1) is 0 Å². The van der Waals surface area contributed by atoms with Gasteiger partial charge in [-0.05, 0) is 6.92 Å². The number of hydrogen-bond acceptors (Lipinski definition) is 1. The highest BCUT2D eigenvalue weighted by atomic mass is 16.2. The Hall–Kier alpha value is -0.0800. The van der Waals surface area contributed by atoms with E-state index in [4.69, 9.17) is 5.11 Å². The standard InChI is InChI=1S/C2H6O.H2N/c1-2-3;/h3H,2H2,1H3;1H2/p+1. The summed E-state index contributed by atoms with van der Waals surface area (Å²) in [5.74, 6) is 0. The second-order valence-corrected chi connectivity index (χ2v) is 0.316. The van der Waals surface area contributed by atoms with Crippen LogP contribution >= 0.6 is 0 Å². The van der Waals surface area contributed by atoms with Crippen LogP contribution < -0.4 is 6.15 Å². The highest BCUT2D eigenvalue weighted by Gasteiger charge is 1.34. The predicted octanol–water partition coefficient (Wildman–Crippen LogP) is 0.0589. The van der Waals surface area contributed by atoms with E-state index in [0.717, 1.165) is 0 Å². The largest absolute Gasteiger partial charge is 1.00 e. The van der Waals surface area contributed by atoms with Gasteiger partial charge in [0.25, 0.3) is 0 Å². The summed E-state index contributed by atoms with van der Waals surface area (Å²) in [5.41, 5.74) is 0. The molecule has 0 fully saturated rings. The van der Waals surface area contributed by atoms with Crippen LogP contribution in [0.4, 0.5) is 0 Å². The van der Waals surface area contributed by atoms with Gasteiger partial charge in [0.2, 0.25) is 0 Å². The molecule has 0 saturated heterocycles. The normalized spacial score (nSPS) is 4.50. The second kappa shape index (κ2) is 12.7. The first-order chi connectivity index (χ1) is 1.41. The number of nitrogens with two attached hydrogens (primary N) is 1. The van der Waals surface area contributed by atoms with Crippen LogP contribution in [0, 0.1) is 0 Å². The Morgan fingerprint density at radius 1 is 2.00 bits per heavy atom. The van der Waals surface area contributed by atoms with Gasteiger partial charge in [-0.15, -0.1) is 0 Å². The molecule has 0 rings (SSSR count). The summed E-state index contributed by atoms with van der Waals surface area (Å²) in [5, 5.41) is 7.57. The molecule has 3 N–H and O–H groups in total. The molecule has 0 aromatic carbocycles. The van der Waals surface area contributed by atoms with Gasteiger partial charge in [0.1, 0.15) is 0 Å². The van der Waals surface area contributed by atoms with Crippen molar-refractivity contribution in [1.82, 2.24) is 6.15 Å². The fourth-order valence-corrected chi connectivity index (χ4v) is 0. The lowest BCUT2D eigenvalue weighted by atomic mass is 10.9. The number of rotatable bonds is 0. The molecule has 0 aliphatic heterocycles. The van der Waals surface area contributed by atoms with Crippen molar-refractivity contribution in [3.05, 3.63) is 0 Å². The zero-order valence-electron chi connectivity index (χ0n) is 3.73. The molecular formula is C2H9NO+. The van der Waals surface area contributed by atoms with Crippen molar-refractivity contribution in [3.8, 4) is 0 Å². The molecule has 0 bridgehead atoms. The van der Waals surface area contributed by atoms with Crippen LogP contribution in [0.15, 0.2) is 0 Å². The van der Waals surface area contributed by atoms with Crippen LogP contribution in [-0.2, 0) is 0 Å². The summed E-state index contributed by atoms with van der Waals surface area (Å²) in [6.07, 6.45) is 0. The summed E-state index contributed by atoms with van der Waals surface area (Å²) in [7, 11) is 0. The lowest BCUT2D eigenvalue weighted by Crippen LogP contribution is -1.57. The lowest BCUT2D eigenvalue weighted by molar-refractivity contribution is 0.318. The van der Waals surface area contributed by atoms with Crippen LogP contribution in [0.3, 0.4) is 0 Å². The molecule has 0 heterocycles. The summed E-state index contributed by atoms with van der Waals surface area (Å²) >= 11 is 0. The van der Waals surface area contributed by atoms with Gasteiger partial charge < -0.3 is 5.11 Å². The van der Waals surface area contributed by atoms with E-state index in [1.165, 1.54) is 0 Å². The molecule has 0 saturated carbocycles. The molecule has 27 valence electrons. The monoisotopic (exact) mass is 63.1 g/mol. The van der Waals surface area contributed by atoms with Crippen molar-refractivity contribution in [2.75, 3.05) is 6.61 Å². The first-order valence-electron chi connectivity index (χ1n) is 1.02. The molecule has 0 atom stereocenters. The van der Waals surface area contributed by atoms with Gasteiger partial charge in [-0.2, -0.15) is 0 Å². The van der Waals surface area contributed by atoms with E-state index in [1.54, 1.807) is 6.92 Å². The molecule has 1 radical (unpaired) electrons. The molecule has 0 aromatic rings. The van der Waals surface area contributed by atoms with Crippen molar-refractivity contribution in [2.45, 2.75) is 6.92 Å². The molecule has 2 nitrogen and oxygen atoms in total. The van der Waals surface area contributed by atoms with Crippen molar-refractivity contribution in [2.24, 2.45) is 0 Å². The Morgan fingerprint density at radius 3 is 2.00 bits per heavy atom. The summed E-state index contributed by atoms with van der Waals surface area (Å²) in [4.78, 5) is 0. The Morgan fingerprint density at radius 2 is 2.00 bits per heavy atom. The second-order valence-electron chi connectivity index (χ2n) is 0.316. The van der Waals surface area contributed by atoms with Gasteiger partial charge in [0, 0.05) is 6.61 Å². The van der Waals surface area contributed by atoms with Crippen LogP contribution in [-0.4, -0.2) is 11.7 Å². The maximum absolute atomic E-state index is 7.57. The Kier molecular flexibility index (Phi) is 28.8. The lowest BCUT2D eigenvalue weighted by Gasteiger charge is -1.52. The zero-order valence-corrected chi connectivity index (χ0v) is 2.73. The van der Waals surface area contributed by atoms with Gasteiger partial charge >= 0.3 is 1.43 Å². The Balaban J connectivity index is -0.0000000200. The van der Waals surface area contributed by atoms with Crippen LogP contribution in [0.2, 0.25) is 0 Å². The SMILES string of the molecule is CCO.[H+].[NH2]. The Bertz CT molecular complexity index is 9.61. The van der Waals surface area contributed by atoms with Crippen molar-refractivity contribution >= 4 is 0 Å². The third-order valence-corrected chi connectivity index (χ3v) is 0. The molecule has 0 unspecified atom stereocenters. The van der Waals surface area contributed by atoms with Crippen molar-refractivity contribution in [1.29, 1.82) is 0 Å². The van der Waals surface area contributed by atoms with E-state index in [2.05, 4.69) is 0 Å². The fraction of sp³-hybridized carbons (Fsp3) is 1.00. The molecule has 0 aliphatic rings. The molecule has 0 aromatic heterocycles. The summed E-state index contributed by atoms with van der Waals surface area (Å²) in [6.45, 7) is 1.93. The molecule has 2 heteroatoms. The van der Waals surface area contributed by atoms with Gasteiger partial charge in [-0.3, -0.25) is 6.15 Å². The van der Waals surface area contributed by atoms with E-state index >= 15 is 0 Å². The molecule has 0 amide bonds. The van der Waals surface area contributed by atoms with Crippen LogP contribution in [0.5, 0.6) is 0 Å². The fourth-order valence-electron chi connectivity index (χ4n) is 0. The van der Waals surface area contributed by atoms with Gasteiger partial charge in [0.15, 0.2) is 0 Å². The quantitative estimate of drug-likeness (QED) is 0.424. The minimum absolute atomic E-state index is 0. The van der Waals surface area contributed by atoms with E-state index in [-0.39, 0.29) is 14.2 Å². The van der Waals surface area contributed by atoms with Crippen molar-refractivity contribution in [3.63, 3.8) is 0 Å². The highest BCUT2D eigenvalue weighted by molar-refractivity contribution is 3.84.